The topological polar surface area (TPSA) is 44.0 Å². The maximum Gasteiger partial charge on any atom is 0.151 e. The number of H-pyrrole nitrogens is 1. The number of anilines is 1. The summed E-state index contributed by atoms with van der Waals surface area (Å²) in [6, 6.07) is 8.48. The number of halogens is 1. The van der Waals surface area contributed by atoms with E-state index in [-0.39, 0.29) is 5.82 Å². The van der Waals surface area contributed by atoms with Gasteiger partial charge in [-0.1, -0.05) is 0 Å². The van der Waals surface area contributed by atoms with Gasteiger partial charge in [-0.2, -0.15) is 5.10 Å². The number of benzene rings is 1. The van der Waals surface area contributed by atoms with E-state index < -0.39 is 0 Å². The van der Waals surface area contributed by atoms with Gasteiger partial charge in [-0.05, 0) is 42.8 Å². The van der Waals surface area contributed by atoms with E-state index in [1.807, 2.05) is 6.07 Å². The minimum absolute atomic E-state index is 0.220. The molecule has 4 nitrogen and oxygen atoms in total. The van der Waals surface area contributed by atoms with Crippen molar-refractivity contribution in [2.45, 2.75) is 6.42 Å². The van der Waals surface area contributed by atoms with Crippen LogP contribution in [0.1, 0.15) is 6.42 Å². The predicted molar refractivity (Wildman–Crippen MR) is 73.7 cm³/mol. The third kappa shape index (κ3) is 2.76. The van der Waals surface area contributed by atoms with Gasteiger partial charge >= 0.3 is 0 Å². The Kier molecular flexibility index (Phi) is 3.46. The lowest BCUT2D eigenvalue weighted by Gasteiger charge is -2.18. The smallest absolute Gasteiger partial charge is 0.151 e. The molecule has 0 amide bonds. The Labute approximate surface area is 111 Å². The molecule has 0 aliphatic carbocycles. The largest absolute Gasteiger partial charge is 0.354 e. The van der Waals surface area contributed by atoms with Crippen molar-refractivity contribution in [1.29, 1.82) is 0 Å². The van der Waals surface area contributed by atoms with E-state index in [1.165, 1.54) is 12.1 Å². The summed E-state index contributed by atoms with van der Waals surface area (Å²) < 4.78 is 12.9. The fourth-order valence-electron chi connectivity index (χ4n) is 2.33. The average molecular weight is 260 g/mol. The molecular formula is C14H17FN4. The van der Waals surface area contributed by atoms with Crippen LogP contribution in [0.15, 0.2) is 30.3 Å². The van der Waals surface area contributed by atoms with Crippen LogP contribution in [0.2, 0.25) is 0 Å². The molecule has 0 radical (unpaired) electrons. The monoisotopic (exact) mass is 260 g/mol. The van der Waals surface area contributed by atoms with Gasteiger partial charge in [0.25, 0.3) is 0 Å². The minimum atomic E-state index is -0.220. The lowest BCUT2D eigenvalue weighted by Crippen LogP contribution is -2.28. The summed E-state index contributed by atoms with van der Waals surface area (Å²) in [5.41, 5.74) is 1.88. The summed E-state index contributed by atoms with van der Waals surface area (Å²) in [6.45, 7) is 4.03. The lowest BCUT2D eigenvalue weighted by atomic mass is 10.1. The molecule has 2 N–H and O–H groups in total. The van der Waals surface area contributed by atoms with Crippen molar-refractivity contribution >= 4 is 5.82 Å². The van der Waals surface area contributed by atoms with Gasteiger partial charge in [0, 0.05) is 25.7 Å². The molecule has 5 heteroatoms. The van der Waals surface area contributed by atoms with E-state index in [2.05, 4.69) is 20.4 Å². The summed E-state index contributed by atoms with van der Waals surface area (Å²) in [5.74, 6) is 0.741. The summed E-state index contributed by atoms with van der Waals surface area (Å²) in [7, 11) is 0. The molecule has 1 aromatic heterocycles. The molecule has 2 aromatic rings. The van der Waals surface area contributed by atoms with Gasteiger partial charge in [-0.15, -0.1) is 0 Å². The summed E-state index contributed by atoms with van der Waals surface area (Å²) in [5, 5.41) is 10.8. The first-order valence-corrected chi connectivity index (χ1v) is 6.60. The van der Waals surface area contributed by atoms with Crippen molar-refractivity contribution in [3.05, 3.63) is 36.1 Å². The second-order valence-corrected chi connectivity index (χ2v) is 4.74. The van der Waals surface area contributed by atoms with Gasteiger partial charge in [0.05, 0.1) is 5.69 Å². The van der Waals surface area contributed by atoms with Crippen LogP contribution >= 0.6 is 0 Å². The van der Waals surface area contributed by atoms with E-state index in [0.29, 0.717) is 0 Å². The fraction of sp³-hybridized carbons (Fsp3) is 0.357. The highest BCUT2D eigenvalue weighted by Gasteiger charge is 2.13. The first-order valence-electron chi connectivity index (χ1n) is 6.60. The van der Waals surface area contributed by atoms with Crippen molar-refractivity contribution in [2.24, 2.45) is 0 Å². The van der Waals surface area contributed by atoms with Crippen LogP contribution in [-0.2, 0) is 0 Å². The minimum Gasteiger partial charge on any atom is -0.354 e. The molecule has 3 rings (SSSR count). The molecular weight excluding hydrogens is 243 g/mol. The summed E-state index contributed by atoms with van der Waals surface area (Å²) in [6.07, 6.45) is 1.12. The van der Waals surface area contributed by atoms with Crippen LogP contribution in [0.4, 0.5) is 10.2 Å². The van der Waals surface area contributed by atoms with Crippen LogP contribution in [-0.4, -0.2) is 36.4 Å². The first kappa shape index (κ1) is 12.2. The Morgan fingerprint density at radius 2 is 1.95 bits per heavy atom. The van der Waals surface area contributed by atoms with E-state index in [9.17, 15) is 4.39 Å². The van der Waals surface area contributed by atoms with E-state index in [0.717, 1.165) is 49.7 Å². The van der Waals surface area contributed by atoms with Gasteiger partial charge in [0.2, 0.25) is 0 Å². The van der Waals surface area contributed by atoms with Gasteiger partial charge in [-0.3, -0.25) is 5.10 Å². The number of hydrogen-bond acceptors (Lipinski definition) is 3. The number of rotatable bonds is 2. The van der Waals surface area contributed by atoms with Crippen LogP contribution in [0.5, 0.6) is 0 Å². The fourth-order valence-corrected chi connectivity index (χ4v) is 2.33. The third-order valence-corrected chi connectivity index (χ3v) is 3.38. The van der Waals surface area contributed by atoms with Crippen molar-refractivity contribution in [3.63, 3.8) is 0 Å². The molecule has 0 unspecified atom stereocenters. The normalized spacial score (nSPS) is 16.4. The maximum absolute atomic E-state index is 12.9. The highest BCUT2D eigenvalue weighted by atomic mass is 19.1. The molecule has 100 valence electrons. The lowest BCUT2D eigenvalue weighted by molar-refractivity contribution is 0.628. The molecule has 1 aromatic carbocycles. The van der Waals surface area contributed by atoms with Gasteiger partial charge < -0.3 is 10.2 Å². The molecule has 0 spiro atoms. The standard InChI is InChI=1S/C14H17FN4/c15-12-4-2-11(3-5-12)13-10-14(18-17-13)19-8-1-6-16-7-9-19/h2-5,10,16H,1,6-9H2,(H,17,18). The van der Waals surface area contributed by atoms with Crippen molar-refractivity contribution in [3.8, 4) is 11.3 Å². The van der Waals surface area contributed by atoms with E-state index in [4.69, 9.17) is 0 Å². The Bertz CT molecular complexity index is 527. The summed E-state index contributed by atoms with van der Waals surface area (Å²) in [4.78, 5) is 2.27. The number of hydrogen-bond donors (Lipinski definition) is 2. The Morgan fingerprint density at radius 3 is 2.79 bits per heavy atom. The van der Waals surface area contributed by atoms with Crippen molar-refractivity contribution in [1.82, 2.24) is 15.5 Å². The Balaban J connectivity index is 1.80. The zero-order valence-electron chi connectivity index (χ0n) is 10.7. The van der Waals surface area contributed by atoms with Crippen LogP contribution in [0, 0.1) is 5.82 Å². The van der Waals surface area contributed by atoms with Crippen LogP contribution in [0.25, 0.3) is 11.3 Å². The zero-order chi connectivity index (χ0) is 13.1. The van der Waals surface area contributed by atoms with Gasteiger partial charge in [-0.25, -0.2) is 4.39 Å². The molecule has 0 atom stereocenters. The molecule has 1 saturated heterocycles. The third-order valence-electron chi connectivity index (χ3n) is 3.38. The summed E-state index contributed by atoms with van der Waals surface area (Å²) >= 11 is 0. The molecule has 19 heavy (non-hydrogen) atoms. The highest BCUT2D eigenvalue weighted by Crippen LogP contribution is 2.22. The maximum atomic E-state index is 12.9. The molecule has 0 bridgehead atoms. The predicted octanol–water partition coefficient (Wildman–Crippen LogP) is 2.02. The quantitative estimate of drug-likeness (QED) is 0.868. The van der Waals surface area contributed by atoms with E-state index in [1.54, 1.807) is 12.1 Å². The molecule has 1 aliphatic heterocycles. The van der Waals surface area contributed by atoms with Gasteiger partial charge in [0.15, 0.2) is 5.82 Å². The van der Waals surface area contributed by atoms with Gasteiger partial charge in [0.1, 0.15) is 5.82 Å². The highest BCUT2D eigenvalue weighted by molar-refractivity contribution is 5.63. The van der Waals surface area contributed by atoms with E-state index >= 15 is 0 Å². The van der Waals surface area contributed by atoms with Crippen molar-refractivity contribution in [2.75, 3.05) is 31.1 Å². The SMILES string of the molecule is Fc1ccc(-c2cc(N3CCCNCC3)n[nH]2)cc1. The molecule has 0 saturated carbocycles. The Hall–Kier alpha value is -1.88. The first-order chi connectivity index (χ1) is 9.33. The molecule has 1 fully saturated rings. The molecule has 1 aliphatic rings. The number of aromatic amines is 1. The number of nitrogens with zero attached hydrogens (tertiary/aromatic N) is 2. The molecule has 2 heterocycles. The van der Waals surface area contributed by atoms with Crippen LogP contribution < -0.4 is 10.2 Å². The average Bonchev–Trinajstić information content (AvgIpc) is 2.76. The zero-order valence-corrected chi connectivity index (χ0v) is 10.7. The van der Waals surface area contributed by atoms with Crippen molar-refractivity contribution < 1.29 is 4.39 Å². The van der Waals surface area contributed by atoms with Crippen LogP contribution in [0.3, 0.4) is 0 Å². The Morgan fingerprint density at radius 1 is 1.11 bits per heavy atom. The number of nitrogens with one attached hydrogen (secondary N) is 2. The number of aromatic nitrogens is 2. The second-order valence-electron chi connectivity index (χ2n) is 4.74. The second kappa shape index (κ2) is 5.40.